The Balaban J connectivity index is 3.60. The highest BCUT2D eigenvalue weighted by Gasteiger charge is 2.18. The normalized spacial score (nSPS) is 12.2. The number of hydrogen-bond acceptors (Lipinski definition) is 4. The molecule has 0 aliphatic heterocycles. The van der Waals surface area contributed by atoms with Crippen molar-refractivity contribution >= 4 is 5.97 Å². The summed E-state index contributed by atoms with van der Waals surface area (Å²) < 4.78 is 4.43. The second-order valence-corrected chi connectivity index (χ2v) is 2.99. The largest absolute Gasteiger partial charge is 0.467 e. The third-order valence-electron chi connectivity index (χ3n) is 1.93. The van der Waals surface area contributed by atoms with Gasteiger partial charge in [0.05, 0.1) is 7.11 Å². The number of ether oxygens (including phenoxy) is 1. The molecular formula is C9H17NO3. The van der Waals surface area contributed by atoms with Gasteiger partial charge in [-0.15, -0.1) is 4.91 Å². The molecule has 13 heavy (non-hydrogen) atoms. The van der Waals surface area contributed by atoms with E-state index in [2.05, 4.69) is 16.8 Å². The molecular weight excluding hydrogens is 170 g/mol. The van der Waals surface area contributed by atoms with Gasteiger partial charge in [0.2, 0.25) is 0 Å². The maximum Gasteiger partial charge on any atom is 0.334 e. The molecule has 0 saturated carbocycles. The summed E-state index contributed by atoms with van der Waals surface area (Å²) >= 11 is 0. The molecule has 4 nitrogen and oxygen atoms in total. The van der Waals surface area contributed by atoms with Crippen LogP contribution in [0.15, 0.2) is 5.18 Å². The highest BCUT2D eigenvalue weighted by Crippen LogP contribution is 2.08. The minimum absolute atomic E-state index is 0.510. The molecule has 4 heteroatoms. The Morgan fingerprint density at radius 1 is 1.38 bits per heavy atom. The SMILES string of the molecule is CCCCCCC(N=O)C(=O)OC. The second-order valence-electron chi connectivity index (χ2n) is 2.99. The summed E-state index contributed by atoms with van der Waals surface area (Å²) in [6, 6.07) is -0.804. The van der Waals surface area contributed by atoms with Gasteiger partial charge in [-0.05, 0) is 6.42 Å². The van der Waals surface area contributed by atoms with E-state index in [0.717, 1.165) is 25.7 Å². The molecule has 0 aliphatic carbocycles. The Bertz CT molecular complexity index is 159. The van der Waals surface area contributed by atoms with E-state index in [0.29, 0.717) is 6.42 Å². The third kappa shape index (κ3) is 5.33. The minimum Gasteiger partial charge on any atom is -0.467 e. The summed E-state index contributed by atoms with van der Waals surface area (Å²) in [5.74, 6) is -0.522. The first-order valence-electron chi connectivity index (χ1n) is 4.66. The van der Waals surface area contributed by atoms with Gasteiger partial charge in [-0.2, -0.15) is 0 Å². The Morgan fingerprint density at radius 2 is 2.08 bits per heavy atom. The minimum atomic E-state index is -0.804. The summed E-state index contributed by atoms with van der Waals surface area (Å²) in [6.07, 6.45) is 4.68. The van der Waals surface area contributed by atoms with Crippen LogP contribution < -0.4 is 0 Å². The lowest BCUT2D eigenvalue weighted by molar-refractivity contribution is -0.142. The van der Waals surface area contributed by atoms with Crippen molar-refractivity contribution in [1.29, 1.82) is 0 Å². The molecule has 0 aromatic carbocycles. The number of esters is 1. The molecule has 0 N–H and O–H groups in total. The van der Waals surface area contributed by atoms with Crippen LogP contribution in [0.5, 0.6) is 0 Å². The number of carbonyl (C=O) groups excluding carboxylic acids is 1. The molecule has 0 fully saturated rings. The molecule has 0 saturated heterocycles. The number of unbranched alkanes of at least 4 members (excludes halogenated alkanes) is 3. The maximum atomic E-state index is 10.9. The number of methoxy groups -OCH3 is 1. The molecule has 0 bridgehead atoms. The summed E-state index contributed by atoms with van der Waals surface area (Å²) in [5.41, 5.74) is 0. The Morgan fingerprint density at radius 3 is 2.54 bits per heavy atom. The first kappa shape index (κ1) is 12.1. The van der Waals surface area contributed by atoms with Crippen LogP contribution in [0.3, 0.4) is 0 Å². The molecule has 0 rings (SSSR count). The van der Waals surface area contributed by atoms with Crippen molar-refractivity contribution in [2.45, 2.75) is 45.1 Å². The fraction of sp³-hybridized carbons (Fsp3) is 0.889. The van der Waals surface area contributed by atoms with E-state index < -0.39 is 12.0 Å². The third-order valence-corrected chi connectivity index (χ3v) is 1.93. The first-order valence-corrected chi connectivity index (χ1v) is 4.66. The van der Waals surface area contributed by atoms with Gasteiger partial charge in [0.25, 0.3) is 0 Å². The smallest absolute Gasteiger partial charge is 0.334 e. The fourth-order valence-corrected chi connectivity index (χ4v) is 1.11. The van der Waals surface area contributed by atoms with E-state index in [1.807, 2.05) is 0 Å². The number of carbonyl (C=O) groups is 1. The fourth-order valence-electron chi connectivity index (χ4n) is 1.11. The number of hydrogen-bond donors (Lipinski definition) is 0. The van der Waals surface area contributed by atoms with E-state index in [-0.39, 0.29) is 0 Å². The Hall–Kier alpha value is -0.930. The number of nitrogens with zero attached hydrogens (tertiary/aromatic N) is 1. The molecule has 0 amide bonds. The van der Waals surface area contributed by atoms with Gasteiger partial charge in [-0.1, -0.05) is 37.8 Å². The Kier molecular flexibility index (Phi) is 7.15. The Labute approximate surface area is 78.6 Å². The molecule has 76 valence electrons. The van der Waals surface area contributed by atoms with Crippen molar-refractivity contribution in [1.82, 2.24) is 0 Å². The zero-order valence-corrected chi connectivity index (χ0v) is 8.28. The highest BCUT2D eigenvalue weighted by atomic mass is 16.5. The van der Waals surface area contributed by atoms with E-state index in [9.17, 15) is 9.70 Å². The monoisotopic (exact) mass is 187 g/mol. The lowest BCUT2D eigenvalue weighted by Crippen LogP contribution is -2.19. The van der Waals surface area contributed by atoms with Crippen LogP contribution in [0.25, 0.3) is 0 Å². The van der Waals surface area contributed by atoms with Gasteiger partial charge >= 0.3 is 5.97 Å². The molecule has 1 unspecified atom stereocenters. The second kappa shape index (κ2) is 7.71. The lowest BCUT2D eigenvalue weighted by atomic mass is 10.1. The topological polar surface area (TPSA) is 55.7 Å². The van der Waals surface area contributed by atoms with E-state index in [1.165, 1.54) is 7.11 Å². The predicted molar refractivity (Wildman–Crippen MR) is 50.4 cm³/mol. The van der Waals surface area contributed by atoms with Gasteiger partial charge in [-0.25, -0.2) is 4.79 Å². The molecule has 0 heterocycles. The van der Waals surface area contributed by atoms with E-state index in [4.69, 9.17) is 0 Å². The van der Waals surface area contributed by atoms with Crippen molar-refractivity contribution in [3.63, 3.8) is 0 Å². The quantitative estimate of drug-likeness (QED) is 0.349. The summed E-state index contributed by atoms with van der Waals surface area (Å²) in [6.45, 7) is 2.11. The zero-order chi connectivity index (χ0) is 10.1. The van der Waals surface area contributed by atoms with Crippen molar-refractivity contribution < 1.29 is 9.53 Å². The lowest BCUT2D eigenvalue weighted by Gasteiger charge is -2.05. The van der Waals surface area contributed by atoms with Gasteiger partial charge < -0.3 is 4.74 Å². The van der Waals surface area contributed by atoms with Gasteiger partial charge in [0.15, 0.2) is 6.04 Å². The van der Waals surface area contributed by atoms with E-state index in [1.54, 1.807) is 0 Å². The van der Waals surface area contributed by atoms with Gasteiger partial charge in [0.1, 0.15) is 0 Å². The average molecular weight is 187 g/mol. The van der Waals surface area contributed by atoms with Crippen LogP contribution in [-0.2, 0) is 9.53 Å². The van der Waals surface area contributed by atoms with Crippen molar-refractivity contribution in [3.8, 4) is 0 Å². The standard InChI is InChI=1S/C9H17NO3/c1-3-4-5-6-7-8(10-12)9(11)13-2/h8H,3-7H2,1-2H3. The maximum absolute atomic E-state index is 10.9. The van der Waals surface area contributed by atoms with Crippen molar-refractivity contribution in [3.05, 3.63) is 4.91 Å². The number of nitroso groups, excluding NO2 is 1. The van der Waals surface area contributed by atoms with Crippen LogP contribution in [-0.4, -0.2) is 19.1 Å². The molecule has 0 aromatic heterocycles. The summed E-state index contributed by atoms with van der Waals surface area (Å²) in [4.78, 5) is 21.1. The van der Waals surface area contributed by atoms with Crippen molar-refractivity contribution in [2.24, 2.45) is 5.18 Å². The van der Waals surface area contributed by atoms with E-state index >= 15 is 0 Å². The average Bonchev–Trinajstić information content (AvgIpc) is 2.17. The molecule has 0 spiro atoms. The highest BCUT2D eigenvalue weighted by molar-refractivity contribution is 5.75. The summed E-state index contributed by atoms with van der Waals surface area (Å²) in [7, 11) is 1.27. The predicted octanol–water partition coefficient (Wildman–Crippen LogP) is 2.26. The van der Waals surface area contributed by atoms with Crippen LogP contribution in [0.4, 0.5) is 0 Å². The van der Waals surface area contributed by atoms with Gasteiger partial charge in [0, 0.05) is 0 Å². The van der Waals surface area contributed by atoms with Crippen LogP contribution in [0.1, 0.15) is 39.0 Å². The molecule has 1 atom stereocenters. The zero-order valence-electron chi connectivity index (χ0n) is 8.28. The van der Waals surface area contributed by atoms with Crippen LogP contribution in [0, 0.1) is 4.91 Å². The number of rotatable bonds is 7. The van der Waals surface area contributed by atoms with Gasteiger partial charge in [-0.3, -0.25) is 0 Å². The van der Waals surface area contributed by atoms with Crippen LogP contribution in [0.2, 0.25) is 0 Å². The first-order chi connectivity index (χ1) is 6.26. The molecule has 0 aliphatic rings. The van der Waals surface area contributed by atoms with Crippen molar-refractivity contribution in [2.75, 3.05) is 7.11 Å². The molecule has 0 aromatic rings. The summed E-state index contributed by atoms with van der Waals surface area (Å²) in [5, 5.41) is 2.73. The molecule has 0 radical (unpaired) electrons. The van der Waals surface area contributed by atoms with Crippen LogP contribution >= 0.6 is 0 Å².